The molecule has 1 N–H and O–H groups in total. The zero-order valence-corrected chi connectivity index (χ0v) is 9.01. The smallest absolute Gasteiger partial charge is 0.143 e. The number of nitrogens with one attached hydrogen (secondary N) is 1. The number of aromatic amines is 1. The quantitative estimate of drug-likeness (QED) is 0.769. The Labute approximate surface area is 88.3 Å². The molecule has 0 fully saturated rings. The average molecular weight is 200 g/mol. The van der Waals surface area contributed by atoms with Gasteiger partial charge in [0.05, 0.1) is 12.6 Å². The van der Waals surface area contributed by atoms with E-state index in [2.05, 4.69) is 17.1 Å². The Kier molecular flexibility index (Phi) is 2.12. The van der Waals surface area contributed by atoms with Crippen molar-refractivity contribution in [3.05, 3.63) is 29.0 Å². The lowest BCUT2D eigenvalue weighted by Crippen LogP contribution is -1.85. The van der Waals surface area contributed by atoms with E-state index in [1.165, 1.54) is 0 Å². The van der Waals surface area contributed by atoms with Gasteiger partial charge in [-0.25, -0.2) is 0 Å². The molecule has 0 atom stereocenters. The summed E-state index contributed by atoms with van der Waals surface area (Å²) in [6, 6.07) is 6.16. The molecule has 76 valence electrons. The van der Waals surface area contributed by atoms with Gasteiger partial charge >= 0.3 is 0 Å². The lowest BCUT2D eigenvalue weighted by Gasteiger charge is -2.03. The number of aryl methyl sites for hydroxylation is 2. The van der Waals surface area contributed by atoms with Crippen molar-refractivity contribution in [2.24, 2.45) is 0 Å². The Balaban J connectivity index is 2.89. The van der Waals surface area contributed by atoms with Gasteiger partial charge in [-0.2, -0.15) is 5.26 Å². The molecule has 0 amide bonds. The largest absolute Gasteiger partial charge is 0.495 e. The summed E-state index contributed by atoms with van der Waals surface area (Å²) < 4.78 is 5.28. The van der Waals surface area contributed by atoms with Crippen molar-refractivity contribution >= 4 is 10.9 Å². The number of nitrogens with zero attached hydrogens (tertiary/aromatic N) is 1. The first-order valence-corrected chi connectivity index (χ1v) is 4.74. The minimum Gasteiger partial charge on any atom is -0.495 e. The zero-order valence-electron chi connectivity index (χ0n) is 9.01. The number of hydrogen-bond donors (Lipinski definition) is 1. The zero-order chi connectivity index (χ0) is 11.0. The summed E-state index contributed by atoms with van der Waals surface area (Å²) in [6.07, 6.45) is 0. The second-order valence-corrected chi connectivity index (χ2v) is 3.63. The van der Waals surface area contributed by atoms with E-state index >= 15 is 0 Å². The van der Waals surface area contributed by atoms with Crippen LogP contribution in [-0.2, 0) is 0 Å². The summed E-state index contributed by atoms with van der Waals surface area (Å²) in [7, 11) is 1.64. The van der Waals surface area contributed by atoms with Crippen LogP contribution in [0.15, 0.2) is 12.1 Å². The lowest BCUT2D eigenvalue weighted by molar-refractivity contribution is 0.418. The molecule has 0 spiro atoms. The second kappa shape index (κ2) is 3.32. The number of benzene rings is 1. The van der Waals surface area contributed by atoms with Crippen molar-refractivity contribution < 1.29 is 4.74 Å². The fourth-order valence-electron chi connectivity index (χ4n) is 1.80. The molecule has 3 heteroatoms. The van der Waals surface area contributed by atoms with Crippen LogP contribution in [0.5, 0.6) is 5.75 Å². The Morgan fingerprint density at radius 3 is 2.67 bits per heavy atom. The molecule has 1 heterocycles. The highest BCUT2D eigenvalue weighted by Crippen LogP contribution is 2.30. The third kappa shape index (κ3) is 1.35. The van der Waals surface area contributed by atoms with Gasteiger partial charge in [0.1, 0.15) is 17.5 Å². The van der Waals surface area contributed by atoms with Crippen molar-refractivity contribution in [3.8, 4) is 11.8 Å². The van der Waals surface area contributed by atoms with Crippen LogP contribution in [-0.4, -0.2) is 12.1 Å². The molecule has 0 aliphatic rings. The van der Waals surface area contributed by atoms with E-state index in [1.807, 2.05) is 19.9 Å². The summed E-state index contributed by atoms with van der Waals surface area (Å²) >= 11 is 0. The van der Waals surface area contributed by atoms with Gasteiger partial charge in [0, 0.05) is 5.39 Å². The Bertz CT molecular complexity index is 561. The minimum atomic E-state index is 0.605. The summed E-state index contributed by atoms with van der Waals surface area (Å²) in [5.74, 6) is 0.787. The predicted molar refractivity (Wildman–Crippen MR) is 59.0 cm³/mol. The van der Waals surface area contributed by atoms with Crippen LogP contribution in [0.1, 0.15) is 16.8 Å². The molecule has 0 saturated heterocycles. The molecule has 0 aliphatic heterocycles. The van der Waals surface area contributed by atoms with E-state index in [9.17, 15) is 0 Å². The predicted octanol–water partition coefficient (Wildman–Crippen LogP) is 2.67. The number of methoxy groups -OCH3 is 1. The van der Waals surface area contributed by atoms with E-state index in [1.54, 1.807) is 7.11 Å². The molecule has 2 rings (SSSR count). The Morgan fingerprint density at radius 1 is 1.33 bits per heavy atom. The van der Waals surface area contributed by atoms with Crippen LogP contribution >= 0.6 is 0 Å². The van der Waals surface area contributed by atoms with Crippen molar-refractivity contribution in [2.45, 2.75) is 13.8 Å². The maximum absolute atomic E-state index is 8.93. The normalized spacial score (nSPS) is 10.3. The maximum Gasteiger partial charge on any atom is 0.143 e. The number of hydrogen-bond acceptors (Lipinski definition) is 2. The fraction of sp³-hybridized carbons (Fsp3) is 0.250. The monoisotopic (exact) mass is 200 g/mol. The number of ether oxygens (including phenoxy) is 1. The molecule has 3 nitrogen and oxygen atoms in total. The second-order valence-electron chi connectivity index (χ2n) is 3.63. The summed E-state index contributed by atoms with van der Waals surface area (Å²) in [5.41, 5.74) is 3.62. The van der Waals surface area contributed by atoms with Gasteiger partial charge in [0.15, 0.2) is 0 Å². The number of fused-ring (bicyclic) bond motifs is 1. The SMILES string of the molecule is COc1cc(C)cc2c(C)c(C#N)[nH]c12. The third-order valence-electron chi connectivity index (χ3n) is 2.61. The summed E-state index contributed by atoms with van der Waals surface area (Å²) in [6.45, 7) is 3.96. The highest BCUT2D eigenvalue weighted by atomic mass is 16.5. The van der Waals surface area contributed by atoms with E-state index < -0.39 is 0 Å². The molecule has 0 radical (unpaired) electrons. The average Bonchev–Trinajstić information content (AvgIpc) is 2.55. The van der Waals surface area contributed by atoms with Gasteiger partial charge in [0.2, 0.25) is 0 Å². The van der Waals surface area contributed by atoms with Crippen LogP contribution in [0.2, 0.25) is 0 Å². The highest BCUT2D eigenvalue weighted by Gasteiger charge is 2.11. The fourth-order valence-corrected chi connectivity index (χ4v) is 1.80. The van der Waals surface area contributed by atoms with Crippen LogP contribution < -0.4 is 4.74 Å². The van der Waals surface area contributed by atoms with Crippen LogP contribution in [0, 0.1) is 25.2 Å². The highest BCUT2D eigenvalue weighted by molar-refractivity contribution is 5.90. The molecule has 1 aromatic carbocycles. The van der Waals surface area contributed by atoms with E-state index in [-0.39, 0.29) is 0 Å². The molecule has 0 aliphatic carbocycles. The number of rotatable bonds is 1. The van der Waals surface area contributed by atoms with Crippen LogP contribution in [0.25, 0.3) is 10.9 Å². The number of nitriles is 1. The molecular weight excluding hydrogens is 188 g/mol. The Hall–Kier alpha value is -1.95. The van der Waals surface area contributed by atoms with Gasteiger partial charge < -0.3 is 9.72 Å². The molecule has 2 aromatic rings. The molecular formula is C12H12N2O. The first-order chi connectivity index (χ1) is 7.17. The number of H-pyrrole nitrogens is 1. The van der Waals surface area contributed by atoms with Crippen molar-refractivity contribution in [2.75, 3.05) is 7.11 Å². The van der Waals surface area contributed by atoms with Gasteiger partial charge in [-0.1, -0.05) is 0 Å². The standard InChI is InChI=1S/C12H12N2O/c1-7-4-9-8(2)10(6-13)14-12(9)11(5-7)15-3/h4-5,14H,1-3H3. The van der Waals surface area contributed by atoms with Crippen LogP contribution in [0.4, 0.5) is 0 Å². The Morgan fingerprint density at radius 2 is 2.07 bits per heavy atom. The lowest BCUT2D eigenvalue weighted by atomic mass is 10.1. The van der Waals surface area contributed by atoms with E-state index in [0.29, 0.717) is 5.69 Å². The van der Waals surface area contributed by atoms with E-state index in [0.717, 1.165) is 27.8 Å². The molecule has 15 heavy (non-hydrogen) atoms. The maximum atomic E-state index is 8.93. The van der Waals surface area contributed by atoms with Gasteiger partial charge in [0.25, 0.3) is 0 Å². The van der Waals surface area contributed by atoms with Crippen molar-refractivity contribution in [1.29, 1.82) is 5.26 Å². The van der Waals surface area contributed by atoms with Crippen molar-refractivity contribution in [3.63, 3.8) is 0 Å². The molecule has 1 aromatic heterocycles. The number of aromatic nitrogens is 1. The van der Waals surface area contributed by atoms with E-state index in [4.69, 9.17) is 10.00 Å². The minimum absolute atomic E-state index is 0.605. The third-order valence-corrected chi connectivity index (χ3v) is 2.61. The van der Waals surface area contributed by atoms with Gasteiger partial charge in [-0.15, -0.1) is 0 Å². The summed E-state index contributed by atoms with van der Waals surface area (Å²) in [5, 5.41) is 9.99. The van der Waals surface area contributed by atoms with Gasteiger partial charge in [-0.3, -0.25) is 0 Å². The van der Waals surface area contributed by atoms with Crippen LogP contribution in [0.3, 0.4) is 0 Å². The first kappa shape index (κ1) is 9.60. The van der Waals surface area contributed by atoms with Crippen molar-refractivity contribution in [1.82, 2.24) is 4.98 Å². The molecule has 0 bridgehead atoms. The molecule has 0 saturated carbocycles. The topological polar surface area (TPSA) is 48.8 Å². The summed E-state index contributed by atoms with van der Waals surface area (Å²) in [4.78, 5) is 3.07. The molecule has 0 unspecified atom stereocenters. The first-order valence-electron chi connectivity index (χ1n) is 4.74. The van der Waals surface area contributed by atoms with Gasteiger partial charge in [-0.05, 0) is 37.1 Å².